The van der Waals surface area contributed by atoms with Crippen molar-refractivity contribution in [3.05, 3.63) is 24.4 Å². The van der Waals surface area contributed by atoms with Gasteiger partial charge in [-0.2, -0.15) is 0 Å². The number of carbonyl (C=O) groups is 2. The number of amides is 2. The molecule has 104 valence electrons. The molecule has 1 aromatic heterocycles. The quantitative estimate of drug-likeness (QED) is 0.538. The maximum Gasteiger partial charge on any atom is 0.239 e. The van der Waals surface area contributed by atoms with E-state index in [0.717, 1.165) is 6.42 Å². The molecule has 0 radical (unpaired) electrons. The third-order valence-electron chi connectivity index (χ3n) is 4.87. The van der Waals surface area contributed by atoms with Crippen molar-refractivity contribution in [2.75, 3.05) is 4.90 Å². The minimum Gasteiger partial charge on any atom is -0.274 e. The summed E-state index contributed by atoms with van der Waals surface area (Å²) in [5.41, 5.74) is 0. The fourth-order valence-corrected chi connectivity index (χ4v) is 5.93. The van der Waals surface area contributed by atoms with Crippen molar-refractivity contribution in [2.45, 2.75) is 16.1 Å². The number of hydrogen-bond acceptors (Lipinski definition) is 3. The Kier molecular flexibility index (Phi) is 2.83. The lowest BCUT2D eigenvalue weighted by atomic mass is 9.81. The first-order valence-corrected chi connectivity index (χ1v) is 8.51. The van der Waals surface area contributed by atoms with Crippen LogP contribution in [-0.4, -0.2) is 26.5 Å². The number of carbonyl (C=O) groups excluding carboxylic acids is 2. The smallest absolute Gasteiger partial charge is 0.239 e. The first-order valence-electron chi connectivity index (χ1n) is 6.68. The Morgan fingerprint density at radius 2 is 1.65 bits per heavy atom. The number of rotatable bonds is 1. The molecular formula is C14H12Br2N2O2. The van der Waals surface area contributed by atoms with Crippen LogP contribution in [0.3, 0.4) is 0 Å². The standard InChI is InChI=1S/C14H12Br2N2O2/c15-11-6-5-7(12(11)16)10-9(6)13(19)18(14(10)20)8-3-1-2-4-17-8/h1-4,6-7,9-12H,5H2/t6-,7+,9-,10-,11+,12-/m0/s1. The second kappa shape index (κ2) is 4.37. The van der Waals surface area contributed by atoms with Crippen molar-refractivity contribution >= 4 is 49.5 Å². The first-order chi connectivity index (χ1) is 9.61. The molecule has 4 nitrogen and oxygen atoms in total. The first kappa shape index (κ1) is 13.0. The second-order valence-corrected chi connectivity index (χ2v) is 7.82. The average Bonchev–Trinajstić information content (AvgIpc) is 3.05. The molecule has 2 amide bonds. The third kappa shape index (κ3) is 1.49. The largest absolute Gasteiger partial charge is 0.274 e. The van der Waals surface area contributed by atoms with Crippen LogP contribution in [-0.2, 0) is 9.59 Å². The summed E-state index contributed by atoms with van der Waals surface area (Å²) in [6.07, 6.45) is 2.56. The summed E-state index contributed by atoms with van der Waals surface area (Å²) < 4.78 is 0. The summed E-state index contributed by atoms with van der Waals surface area (Å²) in [5.74, 6) is 0.457. The Morgan fingerprint density at radius 1 is 1.05 bits per heavy atom. The topological polar surface area (TPSA) is 50.3 Å². The van der Waals surface area contributed by atoms with Gasteiger partial charge in [-0.05, 0) is 30.4 Å². The van der Waals surface area contributed by atoms with Crippen LogP contribution in [0.15, 0.2) is 24.4 Å². The van der Waals surface area contributed by atoms with E-state index in [9.17, 15) is 9.59 Å². The Bertz CT molecular complexity index is 562. The summed E-state index contributed by atoms with van der Waals surface area (Å²) in [7, 11) is 0. The van der Waals surface area contributed by atoms with E-state index in [1.807, 2.05) is 0 Å². The number of pyridine rings is 1. The highest BCUT2D eigenvalue weighted by atomic mass is 79.9. The zero-order valence-electron chi connectivity index (χ0n) is 10.4. The van der Waals surface area contributed by atoms with E-state index in [0.29, 0.717) is 5.82 Å². The van der Waals surface area contributed by atoms with Gasteiger partial charge < -0.3 is 0 Å². The van der Waals surface area contributed by atoms with Crippen LogP contribution >= 0.6 is 31.9 Å². The Hall–Kier alpha value is -0.750. The Labute approximate surface area is 133 Å². The second-order valence-electron chi connectivity index (χ2n) is 5.70. The van der Waals surface area contributed by atoms with E-state index in [-0.39, 0.29) is 45.1 Å². The molecule has 1 aliphatic heterocycles. The molecule has 0 unspecified atom stereocenters. The zero-order valence-corrected chi connectivity index (χ0v) is 13.6. The molecule has 2 aliphatic carbocycles. The molecule has 3 fully saturated rings. The van der Waals surface area contributed by atoms with Crippen LogP contribution in [0.1, 0.15) is 6.42 Å². The number of fused-ring (bicyclic) bond motifs is 5. The fraction of sp³-hybridized carbons (Fsp3) is 0.500. The number of anilines is 1. The van der Waals surface area contributed by atoms with Crippen molar-refractivity contribution < 1.29 is 9.59 Å². The van der Waals surface area contributed by atoms with Gasteiger partial charge in [0.15, 0.2) is 0 Å². The van der Waals surface area contributed by atoms with Gasteiger partial charge in [-0.15, -0.1) is 0 Å². The van der Waals surface area contributed by atoms with E-state index < -0.39 is 0 Å². The van der Waals surface area contributed by atoms with Crippen LogP contribution in [0.4, 0.5) is 5.82 Å². The van der Waals surface area contributed by atoms with Crippen molar-refractivity contribution in [1.29, 1.82) is 0 Å². The SMILES string of the molecule is O=C1[C@H]2[C@@H]3C[C@@H]([C@H](Br)[C@@H]3Br)[C@@H]2C(=O)N1c1ccccn1. The molecule has 2 bridgehead atoms. The summed E-state index contributed by atoms with van der Waals surface area (Å²) in [4.78, 5) is 31.3. The highest BCUT2D eigenvalue weighted by Crippen LogP contribution is 2.60. The van der Waals surface area contributed by atoms with Gasteiger partial charge in [0.2, 0.25) is 11.8 Å². The number of alkyl halides is 2. The lowest BCUT2D eigenvalue weighted by molar-refractivity contribution is -0.123. The number of halogens is 2. The predicted octanol–water partition coefficient (Wildman–Crippen LogP) is 2.36. The third-order valence-corrected chi connectivity index (χ3v) is 8.07. The molecule has 6 atom stereocenters. The van der Waals surface area contributed by atoms with Crippen molar-refractivity contribution in [2.24, 2.45) is 23.7 Å². The molecule has 4 rings (SSSR count). The minimum absolute atomic E-state index is 0.0740. The molecule has 3 aliphatic rings. The molecule has 0 spiro atoms. The van der Waals surface area contributed by atoms with Gasteiger partial charge >= 0.3 is 0 Å². The number of hydrogen-bond donors (Lipinski definition) is 0. The molecular weight excluding hydrogens is 388 g/mol. The molecule has 20 heavy (non-hydrogen) atoms. The van der Waals surface area contributed by atoms with Gasteiger partial charge in [0.05, 0.1) is 11.8 Å². The van der Waals surface area contributed by atoms with Gasteiger partial charge in [0, 0.05) is 15.9 Å². The van der Waals surface area contributed by atoms with Gasteiger partial charge in [0.25, 0.3) is 0 Å². The van der Waals surface area contributed by atoms with Crippen molar-refractivity contribution in [1.82, 2.24) is 4.98 Å². The summed E-state index contributed by atoms with van der Waals surface area (Å²) in [6.45, 7) is 0. The predicted molar refractivity (Wildman–Crippen MR) is 80.7 cm³/mol. The van der Waals surface area contributed by atoms with Crippen LogP contribution in [0.5, 0.6) is 0 Å². The summed E-state index contributed by atoms with van der Waals surface area (Å²) in [6, 6.07) is 5.30. The molecule has 1 aromatic rings. The molecule has 2 saturated carbocycles. The molecule has 0 aromatic carbocycles. The molecule has 2 heterocycles. The Morgan fingerprint density at radius 3 is 2.15 bits per heavy atom. The van der Waals surface area contributed by atoms with Crippen LogP contribution < -0.4 is 4.90 Å². The maximum atomic E-state index is 12.7. The van der Waals surface area contributed by atoms with Crippen LogP contribution in [0.25, 0.3) is 0 Å². The zero-order chi connectivity index (χ0) is 14.0. The van der Waals surface area contributed by atoms with E-state index in [1.165, 1.54) is 4.90 Å². The molecule has 6 heteroatoms. The number of nitrogens with zero attached hydrogens (tertiary/aromatic N) is 2. The number of aromatic nitrogens is 1. The Balaban J connectivity index is 1.75. The highest BCUT2D eigenvalue weighted by molar-refractivity contribution is 9.12. The molecule has 0 N–H and O–H groups in total. The van der Waals surface area contributed by atoms with E-state index >= 15 is 0 Å². The van der Waals surface area contributed by atoms with E-state index in [4.69, 9.17) is 0 Å². The van der Waals surface area contributed by atoms with Gasteiger partial charge in [-0.1, -0.05) is 37.9 Å². The molecule has 1 saturated heterocycles. The average molecular weight is 400 g/mol. The van der Waals surface area contributed by atoms with E-state index in [2.05, 4.69) is 36.8 Å². The van der Waals surface area contributed by atoms with Crippen molar-refractivity contribution in [3.8, 4) is 0 Å². The minimum atomic E-state index is -0.173. The fourth-order valence-electron chi connectivity index (χ4n) is 4.06. The van der Waals surface area contributed by atoms with Gasteiger partial charge in [0.1, 0.15) is 5.82 Å². The monoisotopic (exact) mass is 398 g/mol. The maximum absolute atomic E-state index is 12.7. The van der Waals surface area contributed by atoms with Gasteiger partial charge in [-0.3, -0.25) is 9.59 Å². The normalized spacial score (nSPS) is 42.4. The summed E-state index contributed by atoms with van der Waals surface area (Å²) in [5, 5.41) is 0. The van der Waals surface area contributed by atoms with Crippen molar-refractivity contribution in [3.63, 3.8) is 0 Å². The highest BCUT2D eigenvalue weighted by Gasteiger charge is 2.66. The van der Waals surface area contributed by atoms with Gasteiger partial charge in [-0.25, -0.2) is 9.88 Å². The van der Waals surface area contributed by atoms with E-state index in [1.54, 1.807) is 24.4 Å². The van der Waals surface area contributed by atoms with Crippen LogP contribution in [0.2, 0.25) is 0 Å². The summed E-state index contributed by atoms with van der Waals surface area (Å²) >= 11 is 7.35. The lowest BCUT2D eigenvalue weighted by Gasteiger charge is -2.28. The number of imide groups is 1. The van der Waals surface area contributed by atoms with Crippen LogP contribution in [0, 0.1) is 23.7 Å². The lowest BCUT2D eigenvalue weighted by Crippen LogP contribution is -2.37.